The summed E-state index contributed by atoms with van der Waals surface area (Å²) in [4.78, 5) is 0. The van der Waals surface area contributed by atoms with Gasteiger partial charge in [0.2, 0.25) is 0 Å². The highest BCUT2D eigenvalue weighted by Crippen LogP contribution is 2.10. The van der Waals surface area contributed by atoms with Crippen LogP contribution in [0.25, 0.3) is 0 Å². The van der Waals surface area contributed by atoms with E-state index in [4.69, 9.17) is 0 Å². The highest BCUT2D eigenvalue weighted by molar-refractivity contribution is 5.34. The molecule has 1 heteroatoms. The SMILES string of the molecule is CCCCC(C)[N]c1ccccc1. The van der Waals surface area contributed by atoms with Gasteiger partial charge in [0.05, 0.1) is 5.69 Å². The first-order valence-electron chi connectivity index (χ1n) is 5.09. The van der Waals surface area contributed by atoms with Gasteiger partial charge in [-0.3, -0.25) is 5.32 Å². The lowest BCUT2D eigenvalue weighted by Crippen LogP contribution is -2.13. The first-order chi connectivity index (χ1) is 6.33. The minimum atomic E-state index is 0.461. The minimum Gasteiger partial charge on any atom is -0.282 e. The molecule has 0 saturated carbocycles. The van der Waals surface area contributed by atoms with Crippen LogP contribution in [-0.4, -0.2) is 6.04 Å². The average Bonchev–Trinajstić information content (AvgIpc) is 2.16. The van der Waals surface area contributed by atoms with Crippen LogP contribution in [0.5, 0.6) is 0 Å². The fraction of sp³-hybridized carbons (Fsp3) is 0.500. The molecule has 0 N–H and O–H groups in total. The summed E-state index contributed by atoms with van der Waals surface area (Å²) in [7, 11) is 0. The first-order valence-corrected chi connectivity index (χ1v) is 5.09. The molecule has 0 aliphatic heterocycles. The molecule has 0 saturated heterocycles. The van der Waals surface area contributed by atoms with Gasteiger partial charge in [-0.2, -0.15) is 0 Å². The normalized spacial score (nSPS) is 12.5. The van der Waals surface area contributed by atoms with Crippen LogP contribution in [0.15, 0.2) is 30.3 Å². The smallest absolute Gasteiger partial charge is 0.0577 e. The summed E-state index contributed by atoms with van der Waals surface area (Å²) in [6.45, 7) is 4.40. The van der Waals surface area contributed by atoms with E-state index in [1.165, 1.54) is 19.3 Å². The summed E-state index contributed by atoms with van der Waals surface area (Å²) in [5, 5.41) is 4.60. The van der Waals surface area contributed by atoms with Crippen molar-refractivity contribution < 1.29 is 0 Å². The summed E-state index contributed by atoms with van der Waals surface area (Å²) in [6, 6.07) is 10.7. The highest BCUT2D eigenvalue weighted by Gasteiger charge is 2.01. The number of para-hydroxylation sites is 1. The second-order valence-electron chi connectivity index (χ2n) is 3.46. The quantitative estimate of drug-likeness (QED) is 0.652. The highest BCUT2D eigenvalue weighted by atomic mass is 14.9. The number of unbranched alkanes of at least 4 members (excludes halogenated alkanes) is 1. The lowest BCUT2D eigenvalue weighted by Gasteiger charge is -2.10. The van der Waals surface area contributed by atoms with E-state index in [0.717, 1.165) is 5.69 Å². The van der Waals surface area contributed by atoms with Gasteiger partial charge in [-0.25, -0.2) is 0 Å². The van der Waals surface area contributed by atoms with Crippen LogP contribution in [0.4, 0.5) is 5.69 Å². The van der Waals surface area contributed by atoms with Gasteiger partial charge >= 0.3 is 0 Å². The summed E-state index contributed by atoms with van der Waals surface area (Å²) in [5.41, 5.74) is 1.10. The third-order valence-electron chi connectivity index (χ3n) is 2.10. The number of hydrogen-bond donors (Lipinski definition) is 0. The summed E-state index contributed by atoms with van der Waals surface area (Å²) in [6.07, 6.45) is 3.73. The molecule has 0 amide bonds. The Kier molecular flexibility index (Phi) is 4.37. The Morgan fingerprint density at radius 3 is 2.54 bits per heavy atom. The van der Waals surface area contributed by atoms with Crippen molar-refractivity contribution in [2.24, 2.45) is 0 Å². The van der Waals surface area contributed by atoms with Gasteiger partial charge in [0.1, 0.15) is 0 Å². The van der Waals surface area contributed by atoms with Crippen molar-refractivity contribution in [3.8, 4) is 0 Å². The van der Waals surface area contributed by atoms with E-state index in [9.17, 15) is 0 Å². The van der Waals surface area contributed by atoms with Crippen molar-refractivity contribution in [2.75, 3.05) is 0 Å². The Hall–Kier alpha value is -0.980. The number of nitrogens with zero attached hydrogens (tertiary/aromatic N) is 1. The van der Waals surface area contributed by atoms with Crippen LogP contribution in [0, 0.1) is 0 Å². The van der Waals surface area contributed by atoms with E-state index in [0.29, 0.717) is 6.04 Å². The zero-order chi connectivity index (χ0) is 9.52. The maximum Gasteiger partial charge on any atom is 0.0577 e. The van der Waals surface area contributed by atoms with E-state index < -0.39 is 0 Å². The van der Waals surface area contributed by atoms with Crippen molar-refractivity contribution in [3.05, 3.63) is 30.3 Å². The number of benzene rings is 1. The molecule has 0 bridgehead atoms. The average molecular weight is 176 g/mol. The zero-order valence-corrected chi connectivity index (χ0v) is 8.53. The molecule has 1 aromatic rings. The van der Waals surface area contributed by atoms with Gasteiger partial charge in [0.25, 0.3) is 0 Å². The minimum absolute atomic E-state index is 0.461. The van der Waals surface area contributed by atoms with Crippen molar-refractivity contribution in [1.82, 2.24) is 5.32 Å². The van der Waals surface area contributed by atoms with Gasteiger partial charge in [-0.05, 0) is 25.5 Å². The Labute approximate surface area is 81.2 Å². The van der Waals surface area contributed by atoms with Crippen LogP contribution >= 0.6 is 0 Å². The Balaban J connectivity index is 2.32. The van der Waals surface area contributed by atoms with E-state index >= 15 is 0 Å². The van der Waals surface area contributed by atoms with Crippen LogP contribution in [0.2, 0.25) is 0 Å². The fourth-order valence-corrected chi connectivity index (χ4v) is 1.33. The van der Waals surface area contributed by atoms with Crippen LogP contribution < -0.4 is 5.32 Å². The molecule has 0 aliphatic carbocycles. The van der Waals surface area contributed by atoms with Crippen molar-refractivity contribution in [2.45, 2.75) is 39.2 Å². The van der Waals surface area contributed by atoms with Gasteiger partial charge < -0.3 is 0 Å². The van der Waals surface area contributed by atoms with E-state index in [2.05, 4.69) is 31.3 Å². The molecule has 1 aromatic carbocycles. The molecule has 0 spiro atoms. The number of hydrogen-bond acceptors (Lipinski definition) is 0. The van der Waals surface area contributed by atoms with Crippen molar-refractivity contribution >= 4 is 5.69 Å². The Morgan fingerprint density at radius 1 is 1.23 bits per heavy atom. The largest absolute Gasteiger partial charge is 0.282 e. The van der Waals surface area contributed by atoms with Gasteiger partial charge in [-0.1, -0.05) is 38.0 Å². The first kappa shape index (κ1) is 10.1. The van der Waals surface area contributed by atoms with Crippen LogP contribution in [0.3, 0.4) is 0 Å². The lowest BCUT2D eigenvalue weighted by molar-refractivity contribution is 0.553. The van der Waals surface area contributed by atoms with Gasteiger partial charge in [-0.15, -0.1) is 0 Å². The summed E-state index contributed by atoms with van der Waals surface area (Å²) in [5.74, 6) is 0. The molecule has 1 nitrogen and oxygen atoms in total. The predicted molar refractivity (Wildman–Crippen MR) is 57.2 cm³/mol. The molecule has 0 aromatic heterocycles. The molecule has 1 radical (unpaired) electrons. The summed E-state index contributed by atoms with van der Waals surface area (Å²) < 4.78 is 0. The molecule has 13 heavy (non-hydrogen) atoms. The maximum absolute atomic E-state index is 4.60. The molecular formula is C12H18N. The molecular weight excluding hydrogens is 158 g/mol. The fourth-order valence-electron chi connectivity index (χ4n) is 1.33. The molecule has 0 aliphatic rings. The topological polar surface area (TPSA) is 14.1 Å². The molecule has 71 valence electrons. The van der Waals surface area contributed by atoms with E-state index in [1.807, 2.05) is 18.2 Å². The second-order valence-corrected chi connectivity index (χ2v) is 3.46. The predicted octanol–water partition coefficient (Wildman–Crippen LogP) is 3.50. The third-order valence-corrected chi connectivity index (χ3v) is 2.10. The molecule has 1 rings (SSSR count). The molecule has 1 unspecified atom stereocenters. The van der Waals surface area contributed by atoms with Gasteiger partial charge in [0.15, 0.2) is 0 Å². The van der Waals surface area contributed by atoms with Crippen LogP contribution in [-0.2, 0) is 0 Å². The van der Waals surface area contributed by atoms with E-state index in [-0.39, 0.29) is 0 Å². The van der Waals surface area contributed by atoms with Crippen LogP contribution in [0.1, 0.15) is 33.1 Å². The zero-order valence-electron chi connectivity index (χ0n) is 8.53. The van der Waals surface area contributed by atoms with Crippen molar-refractivity contribution in [3.63, 3.8) is 0 Å². The van der Waals surface area contributed by atoms with Gasteiger partial charge in [0, 0.05) is 6.04 Å². The molecule has 1 atom stereocenters. The van der Waals surface area contributed by atoms with Crippen molar-refractivity contribution in [1.29, 1.82) is 0 Å². The standard InChI is InChI=1S/C12H18N/c1-3-4-8-11(2)13-12-9-6-5-7-10-12/h5-7,9-11H,3-4,8H2,1-2H3. The molecule has 0 fully saturated rings. The van der Waals surface area contributed by atoms with E-state index in [1.54, 1.807) is 0 Å². The third kappa shape index (κ3) is 3.97. The Morgan fingerprint density at radius 2 is 1.92 bits per heavy atom. The monoisotopic (exact) mass is 176 g/mol. The summed E-state index contributed by atoms with van der Waals surface area (Å²) >= 11 is 0. The second kappa shape index (κ2) is 5.63. The number of rotatable bonds is 5. The maximum atomic E-state index is 4.60. The molecule has 0 heterocycles. The lowest BCUT2D eigenvalue weighted by atomic mass is 10.1. The Bertz CT molecular complexity index is 218.